The van der Waals surface area contributed by atoms with Crippen molar-refractivity contribution in [3.63, 3.8) is 0 Å². The Balaban J connectivity index is 0.000000201. The van der Waals surface area contributed by atoms with Crippen molar-refractivity contribution >= 4 is 0 Å². The van der Waals surface area contributed by atoms with Gasteiger partial charge in [0.15, 0.2) is 0 Å². The van der Waals surface area contributed by atoms with E-state index in [1.54, 1.807) is 23.8 Å². The maximum absolute atomic E-state index is 4.99. The first-order valence-corrected chi connectivity index (χ1v) is 11.4. The molecule has 3 rings (SSSR count). The molecule has 2 unspecified atom stereocenters. The Morgan fingerprint density at radius 1 is 0.926 bits per heavy atom. The van der Waals surface area contributed by atoms with Gasteiger partial charge in [-0.15, -0.1) is 0 Å². The molecule has 2 aliphatic rings. The molecule has 0 radical (unpaired) electrons. The number of benzene rings is 1. The van der Waals surface area contributed by atoms with Crippen LogP contribution in [0.5, 0.6) is 0 Å². The molecule has 1 heteroatoms. The van der Waals surface area contributed by atoms with Crippen LogP contribution in [0, 0.1) is 5.92 Å². The Morgan fingerprint density at radius 3 is 2.11 bits per heavy atom. The van der Waals surface area contributed by atoms with Gasteiger partial charge in [-0.3, -0.25) is 0 Å². The van der Waals surface area contributed by atoms with Gasteiger partial charge in [0.25, 0.3) is 0 Å². The smallest absolute Gasteiger partial charge is 0.0462 e. The lowest BCUT2D eigenvalue weighted by Gasteiger charge is -2.30. The van der Waals surface area contributed by atoms with Gasteiger partial charge in [0, 0.05) is 19.1 Å². The number of methoxy groups -OCH3 is 1. The topological polar surface area (TPSA) is 9.23 Å². The molecule has 2 aliphatic carbocycles. The molecule has 0 spiro atoms. The lowest BCUT2D eigenvalue weighted by Crippen LogP contribution is -2.22. The molecule has 1 aromatic carbocycles. The molecule has 2 bridgehead atoms. The first-order chi connectivity index (χ1) is 13.2. The van der Waals surface area contributed by atoms with Crippen LogP contribution in [0.15, 0.2) is 41.5 Å². The second-order valence-corrected chi connectivity index (χ2v) is 8.66. The van der Waals surface area contributed by atoms with E-state index in [4.69, 9.17) is 4.74 Å². The van der Waals surface area contributed by atoms with Crippen LogP contribution in [0.25, 0.3) is 0 Å². The van der Waals surface area contributed by atoms with Crippen molar-refractivity contribution in [3.8, 4) is 0 Å². The third-order valence-electron chi connectivity index (χ3n) is 6.96. The summed E-state index contributed by atoms with van der Waals surface area (Å²) in [5.41, 5.74) is 5.28. The minimum absolute atomic E-state index is 0.413. The van der Waals surface area contributed by atoms with Crippen LogP contribution in [0.3, 0.4) is 0 Å². The van der Waals surface area contributed by atoms with Gasteiger partial charge in [-0.2, -0.15) is 0 Å². The van der Waals surface area contributed by atoms with E-state index in [0.29, 0.717) is 5.41 Å². The second kappa shape index (κ2) is 11.7. The molecule has 0 N–H and O–H groups in total. The summed E-state index contributed by atoms with van der Waals surface area (Å²) in [5, 5.41) is 0. The van der Waals surface area contributed by atoms with Crippen molar-refractivity contribution in [2.24, 2.45) is 5.92 Å². The first-order valence-electron chi connectivity index (χ1n) is 11.4. The van der Waals surface area contributed by atoms with Gasteiger partial charge < -0.3 is 4.74 Å². The number of allylic oxidation sites excluding steroid dienone is 2. The third-order valence-corrected chi connectivity index (χ3v) is 6.96. The summed E-state index contributed by atoms with van der Waals surface area (Å²) in [6.07, 6.45) is 15.2. The van der Waals surface area contributed by atoms with Crippen LogP contribution in [-0.4, -0.2) is 13.7 Å². The van der Waals surface area contributed by atoms with E-state index >= 15 is 0 Å². The van der Waals surface area contributed by atoms with Gasteiger partial charge in [-0.05, 0) is 51.0 Å². The summed E-state index contributed by atoms with van der Waals surface area (Å²) >= 11 is 0. The number of unbranched alkanes of at least 4 members (excludes halogenated alkanes) is 7. The van der Waals surface area contributed by atoms with Crippen LogP contribution >= 0.6 is 0 Å². The van der Waals surface area contributed by atoms with E-state index in [1.165, 1.54) is 70.6 Å². The first kappa shape index (κ1) is 22.2. The van der Waals surface area contributed by atoms with Gasteiger partial charge >= 0.3 is 0 Å². The maximum Gasteiger partial charge on any atom is 0.0462 e. The van der Waals surface area contributed by atoms with E-state index in [-0.39, 0.29) is 0 Å². The minimum Gasteiger partial charge on any atom is -0.385 e. The molecule has 0 aliphatic heterocycles. The summed E-state index contributed by atoms with van der Waals surface area (Å²) < 4.78 is 4.99. The summed E-state index contributed by atoms with van der Waals surface area (Å²) in [7, 11) is 1.78. The summed E-state index contributed by atoms with van der Waals surface area (Å²) in [6.45, 7) is 7.89. The van der Waals surface area contributed by atoms with Crippen molar-refractivity contribution in [2.45, 2.75) is 96.8 Å². The Kier molecular flexibility index (Phi) is 9.62. The summed E-state index contributed by atoms with van der Waals surface area (Å²) in [4.78, 5) is 0. The molecular weight excluding hydrogens is 328 g/mol. The third kappa shape index (κ3) is 5.95. The zero-order chi connectivity index (χ0) is 19.5. The number of rotatable bonds is 10. The standard InChI is InChI=1S/C15H18.C11H24O/c1-11-12(2)15(9-8-13(11)10-15)14-6-4-3-5-7-14;1-3-4-5-6-7-8-9-10-11-12-2/h3-7,13H,8-10H2,1-2H3;3-11H2,1-2H3. The highest BCUT2D eigenvalue weighted by molar-refractivity contribution is 5.45. The van der Waals surface area contributed by atoms with Crippen LogP contribution in [0.1, 0.15) is 97.0 Å². The highest BCUT2D eigenvalue weighted by Gasteiger charge is 2.48. The highest BCUT2D eigenvalue weighted by atomic mass is 16.5. The van der Waals surface area contributed by atoms with Crippen molar-refractivity contribution in [1.29, 1.82) is 0 Å². The molecule has 1 nitrogen and oxygen atoms in total. The maximum atomic E-state index is 4.99. The average molecular weight is 371 g/mol. The summed E-state index contributed by atoms with van der Waals surface area (Å²) in [6, 6.07) is 11.1. The average Bonchev–Trinajstić information content (AvgIpc) is 3.25. The fourth-order valence-corrected chi connectivity index (χ4v) is 5.06. The van der Waals surface area contributed by atoms with Crippen LogP contribution < -0.4 is 0 Å². The molecule has 0 heterocycles. The lowest BCUT2D eigenvalue weighted by atomic mass is 9.74. The minimum atomic E-state index is 0.413. The zero-order valence-electron chi connectivity index (χ0n) is 18.4. The number of hydrogen-bond acceptors (Lipinski definition) is 1. The van der Waals surface area contributed by atoms with E-state index in [1.807, 2.05) is 0 Å². The fraction of sp³-hybridized carbons (Fsp3) is 0.692. The van der Waals surface area contributed by atoms with E-state index in [0.717, 1.165) is 12.5 Å². The molecule has 1 fully saturated rings. The monoisotopic (exact) mass is 370 g/mol. The Bertz CT molecular complexity index is 549. The predicted octanol–water partition coefficient (Wildman–Crippen LogP) is 7.85. The van der Waals surface area contributed by atoms with Gasteiger partial charge in [0.05, 0.1) is 0 Å². The molecule has 2 atom stereocenters. The van der Waals surface area contributed by atoms with Gasteiger partial charge in [-0.1, -0.05) is 93.3 Å². The van der Waals surface area contributed by atoms with Crippen LogP contribution in [0.4, 0.5) is 0 Å². The molecule has 0 saturated heterocycles. The highest BCUT2D eigenvalue weighted by Crippen LogP contribution is 2.57. The molecule has 1 aromatic rings. The van der Waals surface area contributed by atoms with Gasteiger partial charge in [0.1, 0.15) is 0 Å². The fourth-order valence-electron chi connectivity index (χ4n) is 5.06. The quantitative estimate of drug-likeness (QED) is 0.301. The molecular formula is C26H42O. The molecule has 152 valence electrons. The van der Waals surface area contributed by atoms with E-state index < -0.39 is 0 Å². The number of fused-ring (bicyclic) bond motifs is 2. The van der Waals surface area contributed by atoms with Crippen molar-refractivity contribution in [2.75, 3.05) is 13.7 Å². The second-order valence-electron chi connectivity index (χ2n) is 8.66. The molecule has 1 saturated carbocycles. The van der Waals surface area contributed by atoms with Gasteiger partial charge in [0.2, 0.25) is 0 Å². The molecule has 0 amide bonds. The normalized spacial score (nSPS) is 23.5. The predicted molar refractivity (Wildman–Crippen MR) is 118 cm³/mol. The number of hydrogen-bond donors (Lipinski definition) is 0. The number of ether oxygens (including phenoxy) is 1. The Morgan fingerprint density at radius 2 is 1.56 bits per heavy atom. The van der Waals surface area contributed by atoms with Gasteiger partial charge in [-0.25, -0.2) is 0 Å². The van der Waals surface area contributed by atoms with Crippen LogP contribution in [-0.2, 0) is 10.2 Å². The van der Waals surface area contributed by atoms with Crippen molar-refractivity contribution in [1.82, 2.24) is 0 Å². The molecule has 27 heavy (non-hydrogen) atoms. The van der Waals surface area contributed by atoms with Crippen molar-refractivity contribution in [3.05, 3.63) is 47.0 Å². The van der Waals surface area contributed by atoms with Crippen LogP contribution in [0.2, 0.25) is 0 Å². The Labute approximate surface area is 168 Å². The van der Waals surface area contributed by atoms with E-state index in [2.05, 4.69) is 51.1 Å². The molecule has 0 aromatic heterocycles. The van der Waals surface area contributed by atoms with Crippen molar-refractivity contribution < 1.29 is 4.74 Å². The summed E-state index contributed by atoms with van der Waals surface area (Å²) in [5.74, 6) is 0.880. The largest absolute Gasteiger partial charge is 0.385 e. The lowest BCUT2D eigenvalue weighted by molar-refractivity contribution is 0.192. The Hall–Kier alpha value is -1.08. The van der Waals surface area contributed by atoms with E-state index in [9.17, 15) is 0 Å². The SMILES string of the molecule is CC1=C(C)C2(c3ccccc3)CCC1C2.CCCCCCCCCCOC. The zero-order valence-corrected chi connectivity index (χ0v) is 18.4.